The first-order chi connectivity index (χ1) is 11.7. The van der Waals surface area contributed by atoms with Crippen molar-refractivity contribution in [2.75, 3.05) is 38.7 Å². The van der Waals surface area contributed by atoms with Crippen LogP contribution in [0.1, 0.15) is 31.2 Å². The van der Waals surface area contributed by atoms with E-state index in [0.29, 0.717) is 13.2 Å². The summed E-state index contributed by atoms with van der Waals surface area (Å²) in [5.74, 6) is 1.37. The number of thioether (sulfide) groups is 1. The van der Waals surface area contributed by atoms with E-state index in [9.17, 15) is 4.79 Å². The highest BCUT2D eigenvalue weighted by atomic mass is 32.2. The Morgan fingerprint density at radius 3 is 2.33 bits per heavy atom. The van der Waals surface area contributed by atoms with E-state index in [2.05, 4.69) is 17.0 Å². The lowest BCUT2D eigenvalue weighted by molar-refractivity contribution is -0.144. The number of rotatable bonds is 2. The van der Waals surface area contributed by atoms with Crippen molar-refractivity contribution in [2.45, 2.75) is 36.0 Å². The molecule has 3 aliphatic rings. The van der Waals surface area contributed by atoms with Crippen LogP contribution in [-0.4, -0.2) is 54.4 Å². The molecule has 3 aliphatic heterocycles. The topological polar surface area (TPSA) is 38.8 Å². The van der Waals surface area contributed by atoms with E-state index < -0.39 is 5.41 Å². The zero-order valence-electron chi connectivity index (χ0n) is 14.0. The van der Waals surface area contributed by atoms with Crippen LogP contribution in [0.25, 0.3) is 0 Å². The molecule has 130 valence electrons. The average molecular weight is 347 g/mol. The summed E-state index contributed by atoms with van der Waals surface area (Å²) in [5.41, 5.74) is 0.735. The van der Waals surface area contributed by atoms with Gasteiger partial charge in [-0.3, -0.25) is 4.79 Å². The quantitative estimate of drug-likeness (QED) is 0.825. The van der Waals surface area contributed by atoms with Gasteiger partial charge in [0, 0.05) is 44.9 Å². The summed E-state index contributed by atoms with van der Waals surface area (Å²) in [6.45, 7) is 3.79. The first-order valence-corrected chi connectivity index (χ1v) is 9.93. The van der Waals surface area contributed by atoms with Crippen molar-refractivity contribution in [3.05, 3.63) is 35.9 Å². The second kappa shape index (κ2) is 6.70. The van der Waals surface area contributed by atoms with Crippen LogP contribution < -0.4 is 0 Å². The molecule has 0 saturated carbocycles. The van der Waals surface area contributed by atoms with Crippen LogP contribution in [-0.2, 0) is 19.7 Å². The number of amides is 1. The average Bonchev–Trinajstić information content (AvgIpc) is 3.11. The third-order valence-electron chi connectivity index (χ3n) is 5.71. The molecular formula is C19H25NO3S. The van der Waals surface area contributed by atoms with E-state index in [4.69, 9.17) is 9.47 Å². The number of carbonyl (C=O) groups is 1. The lowest BCUT2D eigenvalue weighted by atomic mass is 9.72. The number of benzene rings is 1. The summed E-state index contributed by atoms with van der Waals surface area (Å²) in [7, 11) is 0. The second-order valence-electron chi connectivity index (χ2n) is 6.96. The maximum absolute atomic E-state index is 13.5. The molecule has 0 N–H and O–H groups in total. The molecule has 4 rings (SSSR count). The molecule has 1 amide bonds. The number of carbonyl (C=O) groups excluding carboxylic acids is 1. The molecule has 1 spiro atoms. The Balaban J connectivity index is 1.54. The maximum atomic E-state index is 13.5. The highest BCUT2D eigenvalue weighted by Gasteiger charge is 2.47. The summed E-state index contributed by atoms with van der Waals surface area (Å²) in [6.07, 6.45) is 3.46. The van der Waals surface area contributed by atoms with E-state index in [0.717, 1.165) is 56.7 Å². The number of nitrogens with zero attached hydrogens (tertiary/aromatic N) is 1. The fourth-order valence-electron chi connectivity index (χ4n) is 4.24. The third kappa shape index (κ3) is 2.87. The predicted octanol–water partition coefficient (Wildman–Crippen LogP) is 2.82. The summed E-state index contributed by atoms with van der Waals surface area (Å²) >= 11 is 1.93. The molecule has 3 saturated heterocycles. The van der Waals surface area contributed by atoms with E-state index in [-0.39, 0.29) is 10.8 Å². The number of ether oxygens (including phenoxy) is 2. The Labute approximate surface area is 147 Å². The van der Waals surface area contributed by atoms with Gasteiger partial charge in [0.2, 0.25) is 5.91 Å². The van der Waals surface area contributed by atoms with Crippen molar-refractivity contribution in [1.29, 1.82) is 0 Å². The van der Waals surface area contributed by atoms with Gasteiger partial charge in [-0.25, -0.2) is 0 Å². The van der Waals surface area contributed by atoms with Crippen molar-refractivity contribution >= 4 is 17.7 Å². The van der Waals surface area contributed by atoms with E-state index in [1.54, 1.807) is 0 Å². The Hall–Kier alpha value is -1.04. The van der Waals surface area contributed by atoms with Crippen molar-refractivity contribution < 1.29 is 14.3 Å². The third-order valence-corrected chi connectivity index (χ3v) is 7.13. The molecule has 24 heavy (non-hydrogen) atoms. The SMILES string of the molecule is O=C(N1CCC2(CC1)OCCS2)C1(c2ccccc2)CCOCC1. The summed E-state index contributed by atoms with van der Waals surface area (Å²) in [5, 5.41) is 0. The summed E-state index contributed by atoms with van der Waals surface area (Å²) in [4.78, 5) is 15.6. The zero-order valence-corrected chi connectivity index (χ0v) is 14.9. The lowest BCUT2D eigenvalue weighted by Gasteiger charge is -2.44. The van der Waals surface area contributed by atoms with Gasteiger partial charge in [-0.2, -0.15) is 0 Å². The lowest BCUT2D eigenvalue weighted by Crippen LogP contribution is -2.54. The Morgan fingerprint density at radius 1 is 1.00 bits per heavy atom. The minimum atomic E-state index is -0.409. The molecule has 4 nitrogen and oxygen atoms in total. The number of hydrogen-bond acceptors (Lipinski definition) is 4. The van der Waals surface area contributed by atoms with Gasteiger partial charge >= 0.3 is 0 Å². The molecule has 3 fully saturated rings. The Kier molecular flexibility index (Phi) is 4.58. The first kappa shape index (κ1) is 16.4. The molecule has 0 unspecified atom stereocenters. The maximum Gasteiger partial charge on any atom is 0.233 e. The second-order valence-corrected chi connectivity index (χ2v) is 8.40. The molecule has 0 atom stereocenters. The van der Waals surface area contributed by atoms with Gasteiger partial charge in [0.05, 0.1) is 12.0 Å². The van der Waals surface area contributed by atoms with Gasteiger partial charge in [0.15, 0.2) is 0 Å². The Bertz CT molecular complexity index is 570. The van der Waals surface area contributed by atoms with Crippen molar-refractivity contribution in [1.82, 2.24) is 4.90 Å². The van der Waals surface area contributed by atoms with Gasteiger partial charge < -0.3 is 14.4 Å². The van der Waals surface area contributed by atoms with Crippen LogP contribution in [0.3, 0.4) is 0 Å². The predicted molar refractivity (Wildman–Crippen MR) is 95.1 cm³/mol. The van der Waals surface area contributed by atoms with Crippen molar-refractivity contribution in [3.63, 3.8) is 0 Å². The van der Waals surface area contributed by atoms with Crippen LogP contribution in [0.2, 0.25) is 0 Å². The minimum absolute atomic E-state index is 0.0215. The molecule has 1 aromatic carbocycles. The summed E-state index contributed by atoms with van der Waals surface area (Å²) < 4.78 is 11.5. The molecule has 3 heterocycles. The van der Waals surface area contributed by atoms with E-state index in [1.807, 2.05) is 30.0 Å². The van der Waals surface area contributed by atoms with Crippen LogP contribution in [0.4, 0.5) is 0 Å². The smallest absolute Gasteiger partial charge is 0.233 e. The van der Waals surface area contributed by atoms with Crippen molar-refractivity contribution in [3.8, 4) is 0 Å². The van der Waals surface area contributed by atoms with Gasteiger partial charge in [-0.15, -0.1) is 11.8 Å². The first-order valence-electron chi connectivity index (χ1n) is 8.95. The van der Waals surface area contributed by atoms with Crippen LogP contribution >= 0.6 is 11.8 Å². The van der Waals surface area contributed by atoms with Gasteiger partial charge in [0.25, 0.3) is 0 Å². The van der Waals surface area contributed by atoms with E-state index >= 15 is 0 Å². The molecule has 0 radical (unpaired) electrons. The van der Waals surface area contributed by atoms with Crippen LogP contribution in [0.5, 0.6) is 0 Å². The standard InChI is InChI=1S/C19H25NO3S/c21-17(20-10-6-19(7-11-20)23-14-15-24-19)18(8-12-22-13-9-18)16-4-2-1-3-5-16/h1-5H,6-15H2. The normalized spacial score (nSPS) is 25.8. The number of hydrogen-bond donors (Lipinski definition) is 0. The van der Waals surface area contributed by atoms with Crippen LogP contribution in [0.15, 0.2) is 30.3 Å². The highest BCUT2D eigenvalue weighted by Crippen LogP contribution is 2.43. The molecule has 0 aromatic heterocycles. The zero-order chi connectivity index (χ0) is 16.5. The van der Waals surface area contributed by atoms with Crippen molar-refractivity contribution in [2.24, 2.45) is 0 Å². The fraction of sp³-hybridized carbons (Fsp3) is 0.632. The fourth-order valence-corrected chi connectivity index (χ4v) is 5.42. The Morgan fingerprint density at radius 2 is 1.71 bits per heavy atom. The highest BCUT2D eigenvalue weighted by molar-refractivity contribution is 8.00. The van der Waals surface area contributed by atoms with Gasteiger partial charge in [-0.1, -0.05) is 30.3 Å². The van der Waals surface area contributed by atoms with Gasteiger partial charge in [0.1, 0.15) is 4.93 Å². The molecule has 5 heteroatoms. The molecular weight excluding hydrogens is 322 g/mol. The van der Waals surface area contributed by atoms with E-state index in [1.165, 1.54) is 0 Å². The molecule has 0 bridgehead atoms. The van der Waals surface area contributed by atoms with Crippen LogP contribution in [0, 0.1) is 0 Å². The van der Waals surface area contributed by atoms with Gasteiger partial charge in [-0.05, 0) is 18.4 Å². The molecule has 1 aromatic rings. The minimum Gasteiger partial charge on any atom is -0.381 e. The number of piperidine rings is 1. The largest absolute Gasteiger partial charge is 0.381 e. The monoisotopic (exact) mass is 347 g/mol. The summed E-state index contributed by atoms with van der Waals surface area (Å²) in [6, 6.07) is 10.3. The number of likely N-dealkylation sites (tertiary alicyclic amines) is 1. The molecule has 0 aliphatic carbocycles.